The predicted molar refractivity (Wildman–Crippen MR) is 120 cm³/mol. The predicted octanol–water partition coefficient (Wildman–Crippen LogP) is 1.82. The Morgan fingerprint density at radius 2 is 2.10 bits per heavy atom. The van der Waals surface area contributed by atoms with Crippen LogP contribution in [0.15, 0.2) is 30.5 Å². The molecule has 1 N–H and O–H groups in total. The van der Waals surface area contributed by atoms with Crippen molar-refractivity contribution >= 4 is 23.1 Å². The Labute approximate surface area is 187 Å². The van der Waals surface area contributed by atoms with Crippen molar-refractivity contribution < 1.29 is 23.6 Å². The lowest BCUT2D eigenvalue weighted by atomic mass is 10.1. The maximum Gasteiger partial charge on any atom is 0.305 e. The Morgan fingerprint density at radius 1 is 1.29 bits per heavy atom. The summed E-state index contributed by atoms with van der Waals surface area (Å²) >= 11 is -1.36. The second kappa shape index (κ2) is 14.8. The molecule has 1 saturated heterocycles. The first-order valence-corrected chi connectivity index (χ1v) is 12.3. The van der Waals surface area contributed by atoms with Gasteiger partial charge < -0.3 is 19.3 Å². The number of nitrogens with one attached hydrogen (secondary N) is 1. The number of amides is 1. The Bertz CT molecular complexity index is 710. The molecular weight excluding hydrogens is 418 g/mol. The summed E-state index contributed by atoms with van der Waals surface area (Å²) in [4.78, 5) is 29.5. The molecule has 8 nitrogen and oxygen atoms in total. The van der Waals surface area contributed by atoms with E-state index in [0.717, 1.165) is 19.6 Å². The van der Waals surface area contributed by atoms with Gasteiger partial charge in [-0.15, -0.1) is 0 Å². The number of rotatable bonds is 13. The van der Waals surface area contributed by atoms with E-state index in [9.17, 15) is 14.1 Å². The molecule has 2 heterocycles. The first-order chi connectivity index (χ1) is 15.1. The number of likely N-dealkylation sites (tertiary alicyclic amines) is 1. The largest absolute Gasteiger partial charge is 0.616 e. The highest BCUT2D eigenvalue weighted by atomic mass is 32.2. The minimum absolute atomic E-state index is 0.0665. The van der Waals surface area contributed by atoms with Crippen LogP contribution in [-0.2, 0) is 32.0 Å². The molecule has 1 atom stereocenters. The lowest BCUT2D eigenvalue weighted by molar-refractivity contribution is -0.142. The molecule has 172 valence electrons. The first kappa shape index (κ1) is 25.2. The molecule has 0 bridgehead atoms. The Morgan fingerprint density at radius 3 is 2.87 bits per heavy atom. The number of hydrogen-bond acceptors (Lipinski definition) is 7. The van der Waals surface area contributed by atoms with Crippen LogP contribution in [0.3, 0.4) is 0 Å². The topological polar surface area (TPSA) is 104 Å². The van der Waals surface area contributed by atoms with Crippen LogP contribution in [0.25, 0.3) is 0 Å². The average molecular weight is 452 g/mol. The fourth-order valence-electron chi connectivity index (χ4n) is 3.08. The average Bonchev–Trinajstić information content (AvgIpc) is 2.77. The third-order valence-corrected chi connectivity index (χ3v) is 5.93. The van der Waals surface area contributed by atoms with Gasteiger partial charge in [-0.25, -0.2) is 4.98 Å². The minimum Gasteiger partial charge on any atom is -0.616 e. The van der Waals surface area contributed by atoms with Crippen LogP contribution in [-0.4, -0.2) is 70.7 Å². The maximum atomic E-state index is 11.8. The van der Waals surface area contributed by atoms with Gasteiger partial charge in [0.1, 0.15) is 19.0 Å². The van der Waals surface area contributed by atoms with E-state index in [1.54, 1.807) is 25.3 Å². The van der Waals surface area contributed by atoms with Gasteiger partial charge in [0, 0.05) is 31.8 Å². The molecule has 1 unspecified atom stereocenters. The monoisotopic (exact) mass is 451 g/mol. The summed E-state index contributed by atoms with van der Waals surface area (Å²) in [6, 6.07) is 3.99. The van der Waals surface area contributed by atoms with Crippen molar-refractivity contribution in [3.8, 4) is 5.88 Å². The summed E-state index contributed by atoms with van der Waals surface area (Å²) in [5.74, 6) is -0.00749. The zero-order chi connectivity index (χ0) is 22.3. The van der Waals surface area contributed by atoms with Gasteiger partial charge in [0.15, 0.2) is 5.75 Å². The summed E-state index contributed by atoms with van der Waals surface area (Å²) in [7, 11) is 0. The van der Waals surface area contributed by atoms with Gasteiger partial charge in [0.05, 0.1) is 0 Å². The number of pyridine rings is 1. The quantitative estimate of drug-likeness (QED) is 0.277. The summed E-state index contributed by atoms with van der Waals surface area (Å²) in [6.07, 6.45) is 9.48. The van der Waals surface area contributed by atoms with Gasteiger partial charge in [-0.1, -0.05) is 19.4 Å². The van der Waals surface area contributed by atoms with Crippen molar-refractivity contribution in [1.82, 2.24) is 15.2 Å². The smallest absolute Gasteiger partial charge is 0.305 e. The van der Waals surface area contributed by atoms with E-state index in [0.29, 0.717) is 19.0 Å². The Kier molecular flexibility index (Phi) is 12.0. The summed E-state index contributed by atoms with van der Waals surface area (Å²) in [6.45, 7) is 5.65. The van der Waals surface area contributed by atoms with E-state index in [1.165, 1.54) is 24.8 Å². The van der Waals surface area contributed by atoms with E-state index >= 15 is 0 Å². The normalized spacial score (nSPS) is 15.5. The minimum atomic E-state index is -1.36. The van der Waals surface area contributed by atoms with Gasteiger partial charge in [-0.05, 0) is 54.8 Å². The van der Waals surface area contributed by atoms with E-state index in [1.807, 2.05) is 12.1 Å². The third kappa shape index (κ3) is 11.2. The summed E-state index contributed by atoms with van der Waals surface area (Å²) in [5.41, 5.74) is 1.20. The summed E-state index contributed by atoms with van der Waals surface area (Å²) < 4.78 is 22.3. The molecule has 1 aromatic rings. The molecule has 1 amide bonds. The molecule has 0 saturated carbocycles. The Hall–Kier alpha value is -2.10. The number of ether oxygens (including phenoxy) is 2. The molecule has 1 aromatic heterocycles. The molecule has 0 aromatic carbocycles. The van der Waals surface area contributed by atoms with Gasteiger partial charge in [0.2, 0.25) is 5.88 Å². The number of carbonyl (C=O) groups is 2. The van der Waals surface area contributed by atoms with Crippen LogP contribution >= 0.6 is 0 Å². The zero-order valence-electron chi connectivity index (χ0n) is 18.2. The molecule has 0 radical (unpaired) electrons. The van der Waals surface area contributed by atoms with Crippen molar-refractivity contribution in [1.29, 1.82) is 0 Å². The van der Waals surface area contributed by atoms with Crippen molar-refractivity contribution in [2.45, 2.75) is 39.2 Å². The van der Waals surface area contributed by atoms with Gasteiger partial charge in [-0.3, -0.25) is 14.5 Å². The molecule has 1 aliphatic rings. The highest BCUT2D eigenvalue weighted by Gasteiger charge is 2.13. The number of esters is 1. The van der Waals surface area contributed by atoms with E-state index in [4.69, 9.17) is 9.47 Å². The lowest BCUT2D eigenvalue weighted by Crippen LogP contribution is -2.32. The second-order valence-electron chi connectivity index (χ2n) is 7.29. The molecular formula is C22H33N3O5S. The van der Waals surface area contributed by atoms with Gasteiger partial charge >= 0.3 is 5.97 Å². The molecule has 0 aliphatic carbocycles. The molecule has 1 fully saturated rings. The molecule has 2 rings (SSSR count). The van der Waals surface area contributed by atoms with Gasteiger partial charge in [0.25, 0.3) is 5.91 Å². The number of aromatic nitrogens is 1. The second-order valence-corrected chi connectivity index (χ2v) is 8.86. The number of piperidine rings is 1. The van der Waals surface area contributed by atoms with Crippen LogP contribution in [0.4, 0.5) is 0 Å². The fraction of sp³-hybridized carbons (Fsp3) is 0.591. The van der Waals surface area contributed by atoms with Crippen LogP contribution in [0.2, 0.25) is 0 Å². The molecule has 31 heavy (non-hydrogen) atoms. The Balaban J connectivity index is 1.58. The van der Waals surface area contributed by atoms with Crippen molar-refractivity contribution in [2.75, 3.05) is 44.4 Å². The highest BCUT2D eigenvalue weighted by molar-refractivity contribution is 7.92. The van der Waals surface area contributed by atoms with Crippen LogP contribution in [0.1, 0.15) is 38.2 Å². The summed E-state index contributed by atoms with van der Waals surface area (Å²) in [5, 5.41) is 2.67. The molecule has 0 spiro atoms. The van der Waals surface area contributed by atoms with E-state index < -0.39 is 11.2 Å². The third-order valence-electron chi connectivity index (χ3n) is 4.72. The lowest BCUT2D eigenvalue weighted by Gasteiger charge is -2.26. The fourth-order valence-corrected chi connectivity index (χ4v) is 3.89. The highest BCUT2D eigenvalue weighted by Crippen LogP contribution is 2.15. The number of nitrogens with zero attached hydrogens (tertiary/aromatic N) is 2. The first-order valence-electron chi connectivity index (χ1n) is 10.8. The van der Waals surface area contributed by atoms with Crippen molar-refractivity contribution in [3.05, 3.63) is 36.0 Å². The standard InChI is InChI=1S/C22H33N3O5S/c1-2-22(27)30-14-15-31(28)18-20(26)23-9-4-7-13-29-21-16-19(8-10-24-21)17-25-11-5-3-6-12-25/h4,7-8,10,16H,2-3,5-6,9,11-15,17-18H2,1H3,(H,23,26). The molecule has 1 aliphatic heterocycles. The number of hydrogen-bond donors (Lipinski definition) is 1. The number of carbonyl (C=O) groups excluding carboxylic acids is 2. The van der Waals surface area contributed by atoms with Gasteiger partial charge in [-0.2, -0.15) is 0 Å². The SMILES string of the molecule is CCC(=O)OCC[S+]([O-])CC(=O)NCC=CCOc1cc(CN2CCCCC2)ccn1. The van der Waals surface area contributed by atoms with Crippen LogP contribution in [0, 0.1) is 0 Å². The van der Waals surface area contributed by atoms with E-state index in [2.05, 4.69) is 15.2 Å². The van der Waals surface area contributed by atoms with Crippen LogP contribution in [0.5, 0.6) is 5.88 Å². The maximum absolute atomic E-state index is 11.8. The zero-order valence-corrected chi connectivity index (χ0v) is 19.0. The van der Waals surface area contributed by atoms with Crippen molar-refractivity contribution in [2.24, 2.45) is 0 Å². The van der Waals surface area contributed by atoms with Crippen molar-refractivity contribution in [3.63, 3.8) is 0 Å². The van der Waals surface area contributed by atoms with E-state index in [-0.39, 0.29) is 36.4 Å². The molecule has 9 heteroatoms. The van der Waals surface area contributed by atoms with Crippen LogP contribution < -0.4 is 10.1 Å².